The first-order valence-corrected chi connectivity index (χ1v) is 7.09. The van der Waals surface area contributed by atoms with Gasteiger partial charge in [-0.05, 0) is 37.6 Å². The lowest BCUT2D eigenvalue weighted by Crippen LogP contribution is -2.08. The molecule has 0 fully saturated rings. The van der Waals surface area contributed by atoms with E-state index in [4.69, 9.17) is 10.5 Å². The molecule has 2 aromatic rings. The van der Waals surface area contributed by atoms with Crippen molar-refractivity contribution in [2.75, 3.05) is 0 Å². The average Bonchev–Trinajstić information content (AvgIpc) is 2.39. The van der Waals surface area contributed by atoms with Crippen molar-refractivity contribution in [3.8, 4) is 5.75 Å². The van der Waals surface area contributed by atoms with Gasteiger partial charge in [-0.1, -0.05) is 45.8 Å². The summed E-state index contributed by atoms with van der Waals surface area (Å²) in [6.45, 7) is 4.59. The van der Waals surface area contributed by atoms with Crippen molar-refractivity contribution in [1.82, 2.24) is 0 Å². The van der Waals surface area contributed by atoms with E-state index in [9.17, 15) is 0 Å². The Morgan fingerprint density at radius 1 is 1.16 bits per heavy atom. The van der Waals surface area contributed by atoms with Crippen LogP contribution in [0.25, 0.3) is 0 Å². The van der Waals surface area contributed by atoms with E-state index in [1.54, 1.807) is 0 Å². The summed E-state index contributed by atoms with van der Waals surface area (Å²) in [4.78, 5) is 0. The molecule has 0 aliphatic heterocycles. The zero-order valence-corrected chi connectivity index (χ0v) is 12.8. The first-order valence-electron chi connectivity index (χ1n) is 6.29. The number of hydrogen-bond acceptors (Lipinski definition) is 2. The van der Waals surface area contributed by atoms with Gasteiger partial charge in [-0.2, -0.15) is 0 Å². The Morgan fingerprint density at radius 3 is 2.47 bits per heavy atom. The van der Waals surface area contributed by atoms with Crippen LogP contribution < -0.4 is 10.5 Å². The van der Waals surface area contributed by atoms with Gasteiger partial charge < -0.3 is 10.5 Å². The van der Waals surface area contributed by atoms with Crippen LogP contribution in [0.4, 0.5) is 0 Å². The lowest BCUT2D eigenvalue weighted by atomic mass is 10.1. The van der Waals surface area contributed by atoms with Gasteiger partial charge in [0.05, 0.1) is 0 Å². The normalized spacial score (nSPS) is 12.2. The second-order valence-electron chi connectivity index (χ2n) is 4.75. The minimum Gasteiger partial charge on any atom is -0.489 e. The first kappa shape index (κ1) is 14.1. The molecule has 19 heavy (non-hydrogen) atoms. The third-order valence-electron chi connectivity index (χ3n) is 2.98. The number of nitrogens with two attached hydrogens (primary N) is 1. The molecule has 2 aromatic carbocycles. The Bertz CT molecular complexity index is 549. The second kappa shape index (κ2) is 6.22. The highest BCUT2D eigenvalue weighted by Gasteiger charge is 2.09. The Hall–Kier alpha value is -1.32. The maximum absolute atomic E-state index is 5.97. The van der Waals surface area contributed by atoms with E-state index < -0.39 is 0 Å². The van der Waals surface area contributed by atoms with Gasteiger partial charge in [0, 0.05) is 16.1 Å². The van der Waals surface area contributed by atoms with E-state index in [2.05, 4.69) is 47.1 Å². The Labute approximate surface area is 122 Å². The van der Waals surface area contributed by atoms with Crippen LogP contribution in [0.2, 0.25) is 0 Å². The van der Waals surface area contributed by atoms with Crippen LogP contribution in [0.15, 0.2) is 46.9 Å². The Kier molecular flexibility index (Phi) is 4.61. The molecule has 1 atom stereocenters. The zero-order chi connectivity index (χ0) is 13.8. The summed E-state index contributed by atoms with van der Waals surface area (Å²) in [5, 5.41) is 0. The molecule has 0 spiro atoms. The minimum absolute atomic E-state index is 0.0504. The van der Waals surface area contributed by atoms with Crippen LogP contribution in [0.5, 0.6) is 5.75 Å². The van der Waals surface area contributed by atoms with Crippen molar-refractivity contribution in [3.05, 3.63) is 63.6 Å². The number of halogens is 1. The molecule has 2 rings (SSSR count). The van der Waals surface area contributed by atoms with Gasteiger partial charge in [-0.3, -0.25) is 0 Å². The highest BCUT2D eigenvalue weighted by atomic mass is 79.9. The molecule has 100 valence electrons. The van der Waals surface area contributed by atoms with Gasteiger partial charge in [-0.25, -0.2) is 0 Å². The molecule has 0 saturated carbocycles. The van der Waals surface area contributed by atoms with Crippen LogP contribution in [-0.4, -0.2) is 0 Å². The maximum Gasteiger partial charge on any atom is 0.124 e. The molecule has 0 heterocycles. The summed E-state index contributed by atoms with van der Waals surface area (Å²) in [6, 6.07) is 14.2. The van der Waals surface area contributed by atoms with Crippen molar-refractivity contribution in [3.63, 3.8) is 0 Å². The monoisotopic (exact) mass is 319 g/mol. The van der Waals surface area contributed by atoms with Crippen LogP contribution >= 0.6 is 15.9 Å². The molecule has 0 aliphatic rings. The quantitative estimate of drug-likeness (QED) is 0.908. The molecule has 3 heteroatoms. The number of benzene rings is 2. The summed E-state index contributed by atoms with van der Waals surface area (Å²) in [5.41, 5.74) is 9.40. The first-order chi connectivity index (χ1) is 9.06. The molecule has 2 nitrogen and oxygen atoms in total. The summed E-state index contributed by atoms with van der Waals surface area (Å²) < 4.78 is 6.89. The van der Waals surface area contributed by atoms with Gasteiger partial charge in [-0.15, -0.1) is 0 Å². The van der Waals surface area contributed by atoms with E-state index >= 15 is 0 Å². The van der Waals surface area contributed by atoms with E-state index in [0.717, 1.165) is 21.3 Å². The summed E-state index contributed by atoms with van der Waals surface area (Å²) in [6.07, 6.45) is 0. The average molecular weight is 320 g/mol. The van der Waals surface area contributed by atoms with Crippen LogP contribution in [-0.2, 0) is 6.61 Å². The van der Waals surface area contributed by atoms with E-state index in [1.807, 2.05) is 25.1 Å². The molecule has 0 saturated heterocycles. The van der Waals surface area contributed by atoms with Crippen LogP contribution in [0.1, 0.15) is 29.7 Å². The van der Waals surface area contributed by atoms with Crippen molar-refractivity contribution in [2.45, 2.75) is 26.5 Å². The van der Waals surface area contributed by atoms with Gasteiger partial charge in [0.15, 0.2) is 0 Å². The Morgan fingerprint density at radius 2 is 1.84 bits per heavy atom. The zero-order valence-electron chi connectivity index (χ0n) is 11.2. The standard InChI is InChI=1S/C16H18BrNO/c1-11-3-5-13(6-4-11)10-19-16-8-7-14(17)9-15(16)12(2)18/h3-9,12H,10,18H2,1-2H3. The third kappa shape index (κ3) is 3.82. The number of hydrogen-bond donors (Lipinski definition) is 1. The predicted octanol–water partition coefficient (Wildman–Crippen LogP) is 4.36. The SMILES string of the molecule is Cc1ccc(COc2ccc(Br)cc2C(C)N)cc1. The fourth-order valence-electron chi connectivity index (χ4n) is 1.85. The lowest BCUT2D eigenvalue weighted by Gasteiger charge is -2.14. The highest BCUT2D eigenvalue weighted by molar-refractivity contribution is 9.10. The molecule has 0 amide bonds. The topological polar surface area (TPSA) is 35.2 Å². The van der Waals surface area contributed by atoms with Crippen molar-refractivity contribution in [2.24, 2.45) is 5.73 Å². The molecule has 0 aliphatic carbocycles. The number of ether oxygens (including phenoxy) is 1. The van der Waals surface area contributed by atoms with Crippen LogP contribution in [0, 0.1) is 6.92 Å². The molecule has 2 N–H and O–H groups in total. The fraction of sp³-hybridized carbons (Fsp3) is 0.250. The van der Waals surface area contributed by atoms with Crippen molar-refractivity contribution >= 4 is 15.9 Å². The van der Waals surface area contributed by atoms with Crippen molar-refractivity contribution in [1.29, 1.82) is 0 Å². The fourth-order valence-corrected chi connectivity index (χ4v) is 2.23. The van der Waals surface area contributed by atoms with Crippen molar-refractivity contribution < 1.29 is 4.74 Å². The third-order valence-corrected chi connectivity index (χ3v) is 3.47. The largest absolute Gasteiger partial charge is 0.489 e. The number of rotatable bonds is 4. The molecular formula is C16H18BrNO. The minimum atomic E-state index is -0.0504. The lowest BCUT2D eigenvalue weighted by molar-refractivity contribution is 0.301. The second-order valence-corrected chi connectivity index (χ2v) is 5.66. The summed E-state index contributed by atoms with van der Waals surface area (Å²) in [5.74, 6) is 0.846. The van der Waals surface area contributed by atoms with E-state index in [0.29, 0.717) is 6.61 Å². The Balaban J connectivity index is 2.13. The molecule has 0 aromatic heterocycles. The molecule has 0 radical (unpaired) electrons. The highest BCUT2D eigenvalue weighted by Crippen LogP contribution is 2.28. The van der Waals surface area contributed by atoms with Gasteiger partial charge in [0.25, 0.3) is 0 Å². The van der Waals surface area contributed by atoms with E-state index in [-0.39, 0.29) is 6.04 Å². The maximum atomic E-state index is 5.97. The van der Waals surface area contributed by atoms with Gasteiger partial charge in [0.1, 0.15) is 12.4 Å². The summed E-state index contributed by atoms with van der Waals surface area (Å²) >= 11 is 3.46. The molecule has 1 unspecified atom stereocenters. The number of aryl methyl sites for hydroxylation is 1. The van der Waals surface area contributed by atoms with Gasteiger partial charge in [0.2, 0.25) is 0 Å². The molecule has 0 bridgehead atoms. The van der Waals surface area contributed by atoms with E-state index in [1.165, 1.54) is 5.56 Å². The smallest absolute Gasteiger partial charge is 0.124 e. The van der Waals surface area contributed by atoms with Crippen LogP contribution in [0.3, 0.4) is 0 Å². The summed E-state index contributed by atoms with van der Waals surface area (Å²) in [7, 11) is 0. The van der Waals surface area contributed by atoms with Gasteiger partial charge >= 0.3 is 0 Å². The molecular weight excluding hydrogens is 302 g/mol. The predicted molar refractivity (Wildman–Crippen MR) is 82.3 cm³/mol.